The van der Waals surface area contributed by atoms with Crippen molar-refractivity contribution in [2.75, 3.05) is 25.1 Å². The first-order chi connectivity index (χ1) is 15.4. The predicted octanol–water partition coefficient (Wildman–Crippen LogP) is 2.07. The minimum Gasteiger partial charge on any atom is -0.494 e. The smallest absolute Gasteiger partial charge is 0.311 e. The molecular weight excluding hydrogens is 414 g/mol. The molecule has 9 heteroatoms. The summed E-state index contributed by atoms with van der Waals surface area (Å²) in [5, 5.41) is 3.72. The van der Waals surface area contributed by atoms with E-state index < -0.39 is 36.2 Å². The molecule has 3 amide bonds. The van der Waals surface area contributed by atoms with Crippen LogP contribution in [0.5, 0.6) is 5.75 Å². The van der Waals surface area contributed by atoms with Gasteiger partial charge in [-0.15, -0.1) is 0 Å². The number of nitrogens with one attached hydrogen (secondary N) is 2. The number of amides is 3. The quantitative estimate of drug-likeness (QED) is 0.609. The summed E-state index contributed by atoms with van der Waals surface area (Å²) in [5.74, 6) is -2.10. The van der Waals surface area contributed by atoms with Crippen molar-refractivity contribution in [2.24, 2.45) is 5.92 Å². The molecule has 2 N–H and O–H groups in total. The van der Waals surface area contributed by atoms with E-state index in [1.54, 1.807) is 48.5 Å². The number of hydrazine groups is 1. The molecular formula is C23H25N3O6. The highest BCUT2D eigenvalue weighted by atomic mass is 16.5. The van der Waals surface area contributed by atoms with Gasteiger partial charge in [0.15, 0.2) is 6.61 Å². The molecule has 0 spiro atoms. The Kier molecular flexibility index (Phi) is 7.43. The Morgan fingerprint density at radius 2 is 1.75 bits per heavy atom. The van der Waals surface area contributed by atoms with Gasteiger partial charge in [-0.25, -0.2) is 0 Å². The molecule has 2 aromatic carbocycles. The SMILES string of the molecule is CCOc1ccc(NC(=O)COC(=O)[C@@H]2CC(=O)N(NC(=O)c3ccc(C)cc3)C2)cc1. The van der Waals surface area contributed by atoms with E-state index in [2.05, 4.69) is 10.7 Å². The Morgan fingerprint density at radius 3 is 2.41 bits per heavy atom. The highest BCUT2D eigenvalue weighted by Gasteiger charge is 2.36. The van der Waals surface area contributed by atoms with Gasteiger partial charge in [0.1, 0.15) is 5.75 Å². The standard InChI is InChI=1S/C23H25N3O6/c1-3-31-19-10-8-18(9-11-19)24-20(27)14-32-23(30)17-12-21(28)26(13-17)25-22(29)16-6-4-15(2)5-7-16/h4-11,17H,3,12-14H2,1-2H3,(H,24,27)(H,25,29)/t17-/m1/s1. The highest BCUT2D eigenvalue weighted by molar-refractivity contribution is 5.97. The topological polar surface area (TPSA) is 114 Å². The van der Waals surface area contributed by atoms with Crippen LogP contribution in [0.2, 0.25) is 0 Å². The minimum atomic E-state index is -0.765. The molecule has 1 saturated heterocycles. The Hall–Kier alpha value is -3.88. The van der Waals surface area contributed by atoms with Crippen molar-refractivity contribution in [1.82, 2.24) is 10.4 Å². The van der Waals surface area contributed by atoms with E-state index in [9.17, 15) is 19.2 Å². The van der Waals surface area contributed by atoms with Crippen LogP contribution in [-0.4, -0.2) is 48.5 Å². The molecule has 1 aliphatic heterocycles. The molecule has 0 aliphatic carbocycles. The Labute approximate surface area is 185 Å². The molecule has 32 heavy (non-hydrogen) atoms. The summed E-state index contributed by atoms with van der Waals surface area (Å²) < 4.78 is 10.4. The van der Waals surface area contributed by atoms with Gasteiger partial charge in [-0.05, 0) is 50.2 Å². The minimum absolute atomic E-state index is 0.0181. The lowest BCUT2D eigenvalue weighted by molar-refractivity contribution is -0.151. The fraction of sp³-hybridized carbons (Fsp3) is 0.304. The first-order valence-corrected chi connectivity index (χ1v) is 10.2. The zero-order valence-corrected chi connectivity index (χ0v) is 17.9. The number of rotatable bonds is 8. The van der Waals surface area contributed by atoms with Gasteiger partial charge in [0, 0.05) is 17.7 Å². The maximum absolute atomic E-state index is 12.3. The number of hydrogen-bond donors (Lipinski definition) is 2. The van der Waals surface area contributed by atoms with E-state index in [4.69, 9.17) is 9.47 Å². The van der Waals surface area contributed by atoms with E-state index >= 15 is 0 Å². The molecule has 0 saturated carbocycles. The Balaban J connectivity index is 1.45. The summed E-state index contributed by atoms with van der Waals surface area (Å²) in [7, 11) is 0. The largest absolute Gasteiger partial charge is 0.494 e. The summed E-state index contributed by atoms with van der Waals surface area (Å²) in [5.41, 5.74) is 4.46. The highest BCUT2D eigenvalue weighted by Crippen LogP contribution is 2.19. The molecule has 1 atom stereocenters. The van der Waals surface area contributed by atoms with Gasteiger partial charge in [0.25, 0.3) is 11.8 Å². The van der Waals surface area contributed by atoms with Crippen LogP contribution >= 0.6 is 0 Å². The number of carbonyl (C=O) groups is 4. The summed E-state index contributed by atoms with van der Waals surface area (Å²) in [6, 6.07) is 13.7. The zero-order chi connectivity index (χ0) is 23.1. The van der Waals surface area contributed by atoms with Crippen molar-refractivity contribution < 1.29 is 28.7 Å². The molecule has 9 nitrogen and oxygen atoms in total. The van der Waals surface area contributed by atoms with Gasteiger partial charge < -0.3 is 14.8 Å². The van der Waals surface area contributed by atoms with Crippen molar-refractivity contribution >= 4 is 29.4 Å². The normalized spacial score (nSPS) is 15.2. The Bertz CT molecular complexity index is 988. The third-order valence-corrected chi connectivity index (χ3v) is 4.80. The zero-order valence-electron chi connectivity index (χ0n) is 17.9. The fourth-order valence-corrected chi connectivity index (χ4v) is 3.12. The molecule has 0 unspecified atom stereocenters. The lowest BCUT2D eigenvalue weighted by atomic mass is 10.1. The van der Waals surface area contributed by atoms with Gasteiger partial charge in [0.05, 0.1) is 19.1 Å². The van der Waals surface area contributed by atoms with Crippen LogP contribution in [0.25, 0.3) is 0 Å². The number of ether oxygens (including phenoxy) is 2. The average molecular weight is 439 g/mol. The number of aryl methyl sites for hydroxylation is 1. The molecule has 0 bridgehead atoms. The maximum Gasteiger partial charge on any atom is 0.311 e. The van der Waals surface area contributed by atoms with Gasteiger partial charge >= 0.3 is 5.97 Å². The average Bonchev–Trinajstić information content (AvgIpc) is 3.14. The summed E-state index contributed by atoms with van der Waals surface area (Å²) >= 11 is 0. The van der Waals surface area contributed by atoms with Crippen LogP contribution in [0.15, 0.2) is 48.5 Å². The second-order valence-electron chi connectivity index (χ2n) is 7.33. The van der Waals surface area contributed by atoms with Gasteiger partial charge in [0.2, 0.25) is 5.91 Å². The van der Waals surface area contributed by atoms with Crippen LogP contribution in [0.4, 0.5) is 5.69 Å². The van der Waals surface area contributed by atoms with E-state index in [0.717, 1.165) is 10.6 Å². The molecule has 0 aromatic heterocycles. The van der Waals surface area contributed by atoms with Crippen LogP contribution in [0.1, 0.15) is 29.3 Å². The van der Waals surface area contributed by atoms with E-state index in [1.807, 2.05) is 13.8 Å². The van der Waals surface area contributed by atoms with Crippen molar-refractivity contribution in [3.63, 3.8) is 0 Å². The van der Waals surface area contributed by atoms with Crippen LogP contribution in [0.3, 0.4) is 0 Å². The molecule has 3 rings (SSSR count). The first-order valence-electron chi connectivity index (χ1n) is 10.2. The molecule has 1 fully saturated rings. The molecule has 0 radical (unpaired) electrons. The van der Waals surface area contributed by atoms with Crippen molar-refractivity contribution in [3.8, 4) is 5.75 Å². The lowest BCUT2D eigenvalue weighted by Gasteiger charge is -2.17. The molecule has 168 valence electrons. The number of nitrogens with zero attached hydrogens (tertiary/aromatic N) is 1. The van der Waals surface area contributed by atoms with Gasteiger partial charge in [-0.2, -0.15) is 0 Å². The first kappa shape index (κ1) is 22.8. The number of hydrogen-bond acceptors (Lipinski definition) is 6. The number of benzene rings is 2. The van der Waals surface area contributed by atoms with Crippen molar-refractivity contribution in [1.29, 1.82) is 0 Å². The molecule has 1 aliphatic rings. The van der Waals surface area contributed by atoms with E-state index in [0.29, 0.717) is 23.6 Å². The second-order valence-corrected chi connectivity index (χ2v) is 7.33. The fourth-order valence-electron chi connectivity index (χ4n) is 3.12. The van der Waals surface area contributed by atoms with Gasteiger partial charge in [-0.1, -0.05) is 17.7 Å². The van der Waals surface area contributed by atoms with Crippen molar-refractivity contribution in [2.45, 2.75) is 20.3 Å². The monoisotopic (exact) mass is 439 g/mol. The third kappa shape index (κ3) is 6.07. The summed E-state index contributed by atoms with van der Waals surface area (Å²) in [4.78, 5) is 48.8. The summed E-state index contributed by atoms with van der Waals surface area (Å²) in [6.45, 7) is 3.82. The van der Waals surface area contributed by atoms with E-state index in [-0.39, 0.29) is 13.0 Å². The summed E-state index contributed by atoms with van der Waals surface area (Å²) in [6.07, 6.45) is -0.104. The lowest BCUT2D eigenvalue weighted by Crippen LogP contribution is -2.43. The van der Waals surface area contributed by atoms with Crippen LogP contribution < -0.4 is 15.5 Å². The number of anilines is 1. The predicted molar refractivity (Wildman–Crippen MR) is 116 cm³/mol. The van der Waals surface area contributed by atoms with Gasteiger partial charge in [-0.3, -0.25) is 29.6 Å². The molecule has 2 aromatic rings. The maximum atomic E-state index is 12.3. The Morgan fingerprint density at radius 1 is 1.06 bits per heavy atom. The third-order valence-electron chi connectivity index (χ3n) is 4.80. The van der Waals surface area contributed by atoms with Crippen LogP contribution in [0, 0.1) is 12.8 Å². The van der Waals surface area contributed by atoms with Crippen molar-refractivity contribution in [3.05, 3.63) is 59.7 Å². The molecule has 1 heterocycles. The second kappa shape index (κ2) is 10.4. The number of esters is 1. The van der Waals surface area contributed by atoms with Crippen LogP contribution in [-0.2, 0) is 19.1 Å². The number of carbonyl (C=O) groups excluding carboxylic acids is 4. The van der Waals surface area contributed by atoms with E-state index in [1.165, 1.54) is 0 Å².